The lowest BCUT2D eigenvalue weighted by Crippen LogP contribution is -2.14. The molecule has 0 spiro atoms. The van der Waals surface area contributed by atoms with Gasteiger partial charge < -0.3 is 10.6 Å². The lowest BCUT2D eigenvalue weighted by atomic mass is 10.1. The summed E-state index contributed by atoms with van der Waals surface area (Å²) in [6.45, 7) is 2.59. The van der Waals surface area contributed by atoms with E-state index in [0.29, 0.717) is 36.5 Å². The number of aryl methyl sites for hydroxylation is 1. The van der Waals surface area contributed by atoms with Crippen LogP contribution in [-0.4, -0.2) is 17.4 Å². The Bertz CT molecular complexity index is 892. The number of carbonyl (C=O) groups excluding carboxylic acids is 1. The fraction of sp³-hybridized carbons (Fsp3) is 0.182. The number of nitrogens with one attached hydrogen (secondary N) is 2. The van der Waals surface area contributed by atoms with Gasteiger partial charge in [0.2, 0.25) is 5.91 Å². The maximum absolute atomic E-state index is 13.6. The van der Waals surface area contributed by atoms with Gasteiger partial charge in [-0.25, -0.2) is 9.37 Å². The molecule has 4 nitrogen and oxygen atoms in total. The van der Waals surface area contributed by atoms with Crippen molar-refractivity contribution < 1.29 is 9.18 Å². The van der Waals surface area contributed by atoms with Crippen LogP contribution in [0.4, 0.5) is 15.9 Å². The van der Waals surface area contributed by atoms with Gasteiger partial charge in [0.15, 0.2) is 0 Å². The summed E-state index contributed by atoms with van der Waals surface area (Å²) in [5, 5.41) is 6.00. The molecular formula is C22H22FN3O. The van der Waals surface area contributed by atoms with Gasteiger partial charge in [-0.1, -0.05) is 48.0 Å². The van der Waals surface area contributed by atoms with Gasteiger partial charge in [0.1, 0.15) is 11.6 Å². The Labute approximate surface area is 158 Å². The number of halogens is 1. The van der Waals surface area contributed by atoms with Gasteiger partial charge in [-0.05, 0) is 42.7 Å². The van der Waals surface area contributed by atoms with Crippen molar-refractivity contribution in [2.45, 2.75) is 19.8 Å². The van der Waals surface area contributed by atoms with Crippen molar-refractivity contribution in [2.24, 2.45) is 0 Å². The first-order chi connectivity index (χ1) is 13.1. The summed E-state index contributed by atoms with van der Waals surface area (Å²) in [4.78, 5) is 16.4. The fourth-order valence-electron chi connectivity index (χ4n) is 2.70. The summed E-state index contributed by atoms with van der Waals surface area (Å²) in [6, 6.07) is 18.2. The second-order valence-corrected chi connectivity index (χ2v) is 6.41. The maximum Gasteiger partial charge on any atom is 0.228 e. The molecule has 0 radical (unpaired) electrons. The van der Waals surface area contributed by atoms with Crippen molar-refractivity contribution in [3.8, 4) is 0 Å². The van der Waals surface area contributed by atoms with E-state index in [9.17, 15) is 9.18 Å². The van der Waals surface area contributed by atoms with Gasteiger partial charge in [0, 0.05) is 6.54 Å². The Hall–Kier alpha value is -3.21. The fourth-order valence-corrected chi connectivity index (χ4v) is 2.70. The highest BCUT2D eigenvalue weighted by atomic mass is 19.1. The van der Waals surface area contributed by atoms with Crippen LogP contribution in [0.2, 0.25) is 0 Å². The normalized spacial score (nSPS) is 10.4. The topological polar surface area (TPSA) is 54.0 Å². The Morgan fingerprint density at radius 2 is 1.81 bits per heavy atom. The van der Waals surface area contributed by atoms with Crippen LogP contribution in [0.1, 0.15) is 16.7 Å². The van der Waals surface area contributed by atoms with E-state index < -0.39 is 0 Å². The summed E-state index contributed by atoms with van der Waals surface area (Å²) >= 11 is 0. The van der Waals surface area contributed by atoms with Gasteiger partial charge >= 0.3 is 0 Å². The number of nitrogens with zero attached hydrogens (tertiary/aromatic N) is 1. The second-order valence-electron chi connectivity index (χ2n) is 6.41. The monoisotopic (exact) mass is 363 g/mol. The number of hydrogen-bond acceptors (Lipinski definition) is 3. The number of carbonyl (C=O) groups is 1. The SMILES string of the molecule is Cc1ccc(CC(=O)Nc2ccc(NCCc3ccccc3F)nc2)cc1. The minimum atomic E-state index is -0.195. The van der Waals surface area contributed by atoms with E-state index in [-0.39, 0.29) is 11.7 Å². The molecule has 0 aliphatic carbocycles. The zero-order valence-corrected chi connectivity index (χ0v) is 15.2. The predicted molar refractivity (Wildman–Crippen MR) is 106 cm³/mol. The first kappa shape index (κ1) is 18.6. The second kappa shape index (κ2) is 8.94. The van der Waals surface area contributed by atoms with Crippen LogP contribution < -0.4 is 10.6 Å². The van der Waals surface area contributed by atoms with Crippen molar-refractivity contribution in [3.05, 3.63) is 89.4 Å². The molecule has 27 heavy (non-hydrogen) atoms. The van der Waals surface area contributed by atoms with E-state index in [0.717, 1.165) is 5.56 Å². The van der Waals surface area contributed by atoms with E-state index in [1.54, 1.807) is 30.5 Å². The van der Waals surface area contributed by atoms with E-state index in [1.807, 2.05) is 37.3 Å². The smallest absolute Gasteiger partial charge is 0.228 e. The Kier molecular flexibility index (Phi) is 6.15. The number of pyridine rings is 1. The minimum Gasteiger partial charge on any atom is -0.370 e. The van der Waals surface area contributed by atoms with Crippen LogP contribution in [0, 0.1) is 12.7 Å². The summed E-state index contributed by atoms with van der Waals surface area (Å²) in [5.41, 5.74) is 3.45. The van der Waals surface area contributed by atoms with Crippen molar-refractivity contribution in [2.75, 3.05) is 17.2 Å². The van der Waals surface area contributed by atoms with Gasteiger partial charge in [-0.15, -0.1) is 0 Å². The van der Waals surface area contributed by atoms with Crippen LogP contribution in [0.25, 0.3) is 0 Å². The van der Waals surface area contributed by atoms with Crippen molar-refractivity contribution in [3.63, 3.8) is 0 Å². The van der Waals surface area contributed by atoms with E-state index in [2.05, 4.69) is 15.6 Å². The van der Waals surface area contributed by atoms with E-state index >= 15 is 0 Å². The number of aromatic nitrogens is 1. The molecule has 0 saturated heterocycles. The van der Waals surface area contributed by atoms with Crippen LogP contribution >= 0.6 is 0 Å². The number of anilines is 2. The van der Waals surface area contributed by atoms with Crippen LogP contribution in [0.5, 0.6) is 0 Å². The number of benzene rings is 2. The molecule has 2 aromatic carbocycles. The molecule has 138 valence electrons. The zero-order valence-electron chi connectivity index (χ0n) is 15.2. The molecule has 0 fully saturated rings. The molecule has 1 aromatic heterocycles. The first-order valence-corrected chi connectivity index (χ1v) is 8.89. The van der Waals surface area contributed by atoms with Gasteiger partial charge in [-0.2, -0.15) is 0 Å². The maximum atomic E-state index is 13.6. The van der Waals surface area contributed by atoms with Gasteiger partial charge in [-0.3, -0.25) is 4.79 Å². The molecule has 0 bridgehead atoms. The Balaban J connectivity index is 1.47. The Morgan fingerprint density at radius 1 is 1.04 bits per heavy atom. The average Bonchev–Trinajstić information content (AvgIpc) is 2.66. The summed E-state index contributed by atoms with van der Waals surface area (Å²) in [5.74, 6) is 0.405. The third kappa shape index (κ3) is 5.64. The average molecular weight is 363 g/mol. The number of amides is 1. The van der Waals surface area contributed by atoms with Crippen LogP contribution in [0.15, 0.2) is 66.9 Å². The highest BCUT2D eigenvalue weighted by molar-refractivity contribution is 5.92. The molecule has 3 aromatic rings. The third-order valence-electron chi connectivity index (χ3n) is 4.19. The molecular weight excluding hydrogens is 341 g/mol. The molecule has 5 heteroatoms. The quantitative estimate of drug-likeness (QED) is 0.656. The molecule has 2 N–H and O–H groups in total. The highest BCUT2D eigenvalue weighted by Gasteiger charge is 2.05. The van der Waals surface area contributed by atoms with Gasteiger partial charge in [0.05, 0.1) is 18.3 Å². The lowest BCUT2D eigenvalue weighted by Gasteiger charge is -2.08. The number of rotatable bonds is 7. The summed E-state index contributed by atoms with van der Waals surface area (Å²) in [6.07, 6.45) is 2.50. The van der Waals surface area contributed by atoms with E-state index in [4.69, 9.17) is 0 Å². The molecule has 1 heterocycles. The summed E-state index contributed by atoms with van der Waals surface area (Å²) in [7, 11) is 0. The lowest BCUT2D eigenvalue weighted by molar-refractivity contribution is -0.115. The predicted octanol–water partition coefficient (Wildman–Crippen LogP) is 4.36. The molecule has 0 unspecified atom stereocenters. The molecule has 0 atom stereocenters. The third-order valence-corrected chi connectivity index (χ3v) is 4.19. The molecule has 0 aliphatic heterocycles. The van der Waals surface area contributed by atoms with Crippen molar-refractivity contribution >= 4 is 17.4 Å². The molecule has 0 saturated carbocycles. The molecule has 3 rings (SSSR count). The van der Waals surface area contributed by atoms with E-state index in [1.165, 1.54) is 11.6 Å². The van der Waals surface area contributed by atoms with Crippen LogP contribution in [-0.2, 0) is 17.6 Å². The van der Waals surface area contributed by atoms with Crippen LogP contribution in [0.3, 0.4) is 0 Å². The molecule has 0 aliphatic rings. The van der Waals surface area contributed by atoms with Crippen molar-refractivity contribution in [1.29, 1.82) is 0 Å². The standard InChI is InChI=1S/C22H22FN3O/c1-16-6-8-17(9-7-16)14-22(27)26-19-10-11-21(25-15-19)24-13-12-18-4-2-3-5-20(18)23/h2-11,15H,12-14H2,1H3,(H,24,25)(H,26,27). The zero-order chi connectivity index (χ0) is 19.1. The first-order valence-electron chi connectivity index (χ1n) is 8.89. The van der Waals surface area contributed by atoms with Crippen molar-refractivity contribution in [1.82, 2.24) is 4.98 Å². The minimum absolute atomic E-state index is 0.0825. The highest BCUT2D eigenvalue weighted by Crippen LogP contribution is 2.12. The number of hydrogen-bond donors (Lipinski definition) is 2. The largest absolute Gasteiger partial charge is 0.370 e. The summed E-state index contributed by atoms with van der Waals surface area (Å²) < 4.78 is 13.6. The van der Waals surface area contributed by atoms with Gasteiger partial charge in [0.25, 0.3) is 0 Å². The molecule has 1 amide bonds. The Morgan fingerprint density at radius 3 is 2.52 bits per heavy atom.